The largest absolute Gasteiger partial charge is 0.497 e. The predicted octanol–water partition coefficient (Wildman–Crippen LogP) is 2.47. The molecule has 0 radical (unpaired) electrons. The maximum absolute atomic E-state index is 12.1. The first-order valence-corrected chi connectivity index (χ1v) is 6.79. The van der Waals surface area contributed by atoms with Crippen LogP contribution in [0.15, 0.2) is 48.5 Å². The highest BCUT2D eigenvalue weighted by Gasteiger charge is 2.35. The molecule has 1 aliphatic heterocycles. The number of methoxy groups -OCH3 is 1. The molecule has 4 heteroatoms. The fourth-order valence-corrected chi connectivity index (χ4v) is 2.51. The lowest BCUT2D eigenvalue weighted by molar-refractivity contribution is -0.114. The summed E-state index contributed by atoms with van der Waals surface area (Å²) in [5.74, 6) is -0.342. The quantitative estimate of drug-likeness (QED) is 0.809. The van der Waals surface area contributed by atoms with E-state index < -0.39 is 11.7 Å². The number of ether oxygens (including phenoxy) is 1. The molecule has 0 saturated heterocycles. The zero-order chi connectivity index (χ0) is 14.8. The zero-order valence-electron chi connectivity index (χ0n) is 11.7. The van der Waals surface area contributed by atoms with Gasteiger partial charge in [-0.3, -0.25) is 9.59 Å². The summed E-state index contributed by atoms with van der Waals surface area (Å²) < 4.78 is 5.11. The molecule has 1 amide bonds. The molecule has 2 aromatic rings. The zero-order valence-corrected chi connectivity index (χ0v) is 11.7. The number of amides is 1. The van der Waals surface area contributed by atoms with Crippen LogP contribution in [0.5, 0.6) is 5.75 Å². The van der Waals surface area contributed by atoms with Crippen molar-refractivity contribution in [1.82, 2.24) is 0 Å². The van der Waals surface area contributed by atoms with Crippen LogP contribution in [0.2, 0.25) is 0 Å². The molecule has 3 rings (SSSR count). The Morgan fingerprint density at radius 1 is 1.05 bits per heavy atom. The van der Waals surface area contributed by atoms with E-state index in [-0.39, 0.29) is 0 Å². The molecule has 21 heavy (non-hydrogen) atoms. The lowest BCUT2D eigenvalue weighted by Crippen LogP contribution is -2.31. The van der Waals surface area contributed by atoms with E-state index in [1.807, 2.05) is 30.3 Å². The van der Waals surface area contributed by atoms with Gasteiger partial charge < -0.3 is 9.64 Å². The minimum absolute atomic E-state index is 0.424. The monoisotopic (exact) mass is 281 g/mol. The van der Waals surface area contributed by atoms with Gasteiger partial charge in [0, 0.05) is 6.54 Å². The van der Waals surface area contributed by atoms with Crippen LogP contribution < -0.4 is 9.64 Å². The van der Waals surface area contributed by atoms with Crippen molar-refractivity contribution in [2.45, 2.75) is 6.42 Å². The van der Waals surface area contributed by atoms with Gasteiger partial charge in [-0.05, 0) is 30.2 Å². The highest BCUT2D eigenvalue weighted by molar-refractivity contribution is 6.52. The summed E-state index contributed by atoms with van der Waals surface area (Å²) in [6.45, 7) is 0.494. The van der Waals surface area contributed by atoms with Gasteiger partial charge in [0.05, 0.1) is 18.4 Å². The summed E-state index contributed by atoms with van der Waals surface area (Å²) in [4.78, 5) is 25.7. The first-order chi connectivity index (χ1) is 10.2. The molecule has 0 bridgehead atoms. The molecule has 0 spiro atoms. The lowest BCUT2D eigenvalue weighted by atomic mass is 10.1. The number of nitrogens with zero attached hydrogens (tertiary/aromatic N) is 1. The van der Waals surface area contributed by atoms with Crippen molar-refractivity contribution >= 4 is 17.4 Å². The van der Waals surface area contributed by atoms with E-state index in [0.717, 1.165) is 5.56 Å². The second-order valence-corrected chi connectivity index (χ2v) is 4.90. The van der Waals surface area contributed by atoms with E-state index in [4.69, 9.17) is 4.74 Å². The molecule has 0 aliphatic carbocycles. The van der Waals surface area contributed by atoms with Crippen molar-refractivity contribution in [2.75, 3.05) is 18.6 Å². The highest BCUT2D eigenvalue weighted by atomic mass is 16.5. The average Bonchev–Trinajstić information content (AvgIpc) is 2.77. The topological polar surface area (TPSA) is 46.6 Å². The number of fused-ring (bicyclic) bond motifs is 1. The van der Waals surface area contributed by atoms with Crippen LogP contribution >= 0.6 is 0 Å². The fraction of sp³-hybridized carbons (Fsp3) is 0.176. The van der Waals surface area contributed by atoms with E-state index in [9.17, 15) is 9.59 Å². The Labute approximate surface area is 123 Å². The Hall–Kier alpha value is -2.62. The van der Waals surface area contributed by atoms with Gasteiger partial charge in [0.15, 0.2) is 0 Å². The lowest BCUT2D eigenvalue weighted by Gasteiger charge is -2.16. The molecule has 1 heterocycles. The summed E-state index contributed by atoms with van der Waals surface area (Å²) in [5.41, 5.74) is 2.23. The van der Waals surface area contributed by atoms with Crippen LogP contribution in [-0.2, 0) is 11.2 Å². The Kier molecular flexibility index (Phi) is 3.44. The standard InChI is InChI=1S/C17H15NO3/c1-21-13-7-8-15-14(11-13)16(19)17(20)18(15)10-9-12-5-3-2-4-6-12/h2-8,11H,9-10H2,1H3. The second kappa shape index (κ2) is 5.40. The SMILES string of the molecule is COc1ccc2c(c1)C(=O)C(=O)N2CCc1ccccc1. The molecule has 0 N–H and O–H groups in total. The number of benzene rings is 2. The van der Waals surface area contributed by atoms with Crippen LogP contribution in [-0.4, -0.2) is 25.3 Å². The number of rotatable bonds is 4. The van der Waals surface area contributed by atoms with Gasteiger partial charge in [0.2, 0.25) is 0 Å². The molecule has 106 valence electrons. The van der Waals surface area contributed by atoms with Crippen LogP contribution in [0.4, 0.5) is 5.69 Å². The van der Waals surface area contributed by atoms with Crippen molar-refractivity contribution < 1.29 is 14.3 Å². The van der Waals surface area contributed by atoms with E-state index in [0.29, 0.717) is 30.0 Å². The summed E-state index contributed by atoms with van der Waals surface area (Å²) in [7, 11) is 1.54. The minimum Gasteiger partial charge on any atom is -0.497 e. The van der Waals surface area contributed by atoms with Crippen molar-refractivity contribution in [2.24, 2.45) is 0 Å². The van der Waals surface area contributed by atoms with E-state index in [1.165, 1.54) is 7.11 Å². The Morgan fingerprint density at radius 2 is 1.81 bits per heavy atom. The number of hydrogen-bond donors (Lipinski definition) is 0. The molecule has 0 atom stereocenters. The molecule has 2 aromatic carbocycles. The summed E-state index contributed by atoms with van der Waals surface area (Å²) in [6, 6.07) is 15.1. The molecular formula is C17H15NO3. The van der Waals surface area contributed by atoms with E-state index in [1.54, 1.807) is 23.1 Å². The molecule has 0 saturated carbocycles. The van der Waals surface area contributed by atoms with Gasteiger partial charge in [0.25, 0.3) is 11.7 Å². The summed E-state index contributed by atoms with van der Waals surface area (Å²) in [6.07, 6.45) is 0.714. The predicted molar refractivity (Wildman–Crippen MR) is 79.8 cm³/mol. The molecule has 0 unspecified atom stereocenters. The van der Waals surface area contributed by atoms with Crippen LogP contribution in [0.1, 0.15) is 15.9 Å². The Balaban J connectivity index is 1.84. The van der Waals surface area contributed by atoms with Crippen LogP contribution in [0.3, 0.4) is 0 Å². The number of hydrogen-bond acceptors (Lipinski definition) is 3. The Bertz CT molecular complexity index is 694. The number of ketones is 1. The van der Waals surface area contributed by atoms with Gasteiger partial charge in [-0.1, -0.05) is 30.3 Å². The third kappa shape index (κ3) is 2.40. The van der Waals surface area contributed by atoms with Crippen LogP contribution in [0.25, 0.3) is 0 Å². The fourth-order valence-electron chi connectivity index (χ4n) is 2.51. The van der Waals surface area contributed by atoms with E-state index >= 15 is 0 Å². The van der Waals surface area contributed by atoms with Crippen molar-refractivity contribution in [3.63, 3.8) is 0 Å². The van der Waals surface area contributed by atoms with Gasteiger partial charge in [-0.15, -0.1) is 0 Å². The molecule has 1 aliphatic rings. The van der Waals surface area contributed by atoms with Gasteiger partial charge >= 0.3 is 0 Å². The normalized spacial score (nSPS) is 13.5. The number of carbonyl (C=O) groups is 2. The maximum Gasteiger partial charge on any atom is 0.299 e. The van der Waals surface area contributed by atoms with Crippen molar-refractivity contribution in [1.29, 1.82) is 0 Å². The summed E-state index contributed by atoms with van der Waals surface area (Å²) in [5, 5.41) is 0. The third-order valence-electron chi connectivity index (χ3n) is 3.65. The van der Waals surface area contributed by atoms with Gasteiger partial charge in [-0.2, -0.15) is 0 Å². The first-order valence-electron chi connectivity index (χ1n) is 6.79. The average molecular weight is 281 g/mol. The second-order valence-electron chi connectivity index (χ2n) is 4.90. The molecule has 0 aromatic heterocycles. The minimum atomic E-state index is -0.464. The third-order valence-corrected chi connectivity index (χ3v) is 3.65. The van der Waals surface area contributed by atoms with Crippen LogP contribution in [0, 0.1) is 0 Å². The Morgan fingerprint density at radius 3 is 2.52 bits per heavy atom. The highest BCUT2D eigenvalue weighted by Crippen LogP contribution is 2.32. The number of carbonyl (C=O) groups excluding carboxylic acids is 2. The van der Waals surface area contributed by atoms with Crippen molar-refractivity contribution in [3.05, 3.63) is 59.7 Å². The van der Waals surface area contributed by atoms with Gasteiger partial charge in [0.1, 0.15) is 5.75 Å². The number of Topliss-reactive ketones (excluding diaryl/α,β-unsaturated/α-hetero) is 1. The van der Waals surface area contributed by atoms with Gasteiger partial charge in [-0.25, -0.2) is 0 Å². The summed E-state index contributed by atoms with van der Waals surface area (Å²) >= 11 is 0. The molecule has 0 fully saturated rings. The molecule has 4 nitrogen and oxygen atoms in total. The maximum atomic E-state index is 12.1. The number of anilines is 1. The first kappa shape index (κ1) is 13.4. The smallest absolute Gasteiger partial charge is 0.299 e. The van der Waals surface area contributed by atoms with E-state index in [2.05, 4.69) is 0 Å². The van der Waals surface area contributed by atoms with Crippen molar-refractivity contribution in [3.8, 4) is 5.75 Å². The molecular weight excluding hydrogens is 266 g/mol.